The van der Waals surface area contributed by atoms with E-state index >= 15 is 0 Å². The number of hydrogen-bond donors (Lipinski definition) is 5. The standard InChI is InChI=1S/C20H26N2O5/c23-15-6-14(7-16(24)17(15)25)18(26)21-1-2-22-19(27)20-8-11-3-12(9-20)5-13(4-11)10-20/h6-7,11-13,23-25H,1-5,8-10H2,(H,21,26)(H,22,27). The van der Waals surface area contributed by atoms with E-state index in [1.165, 1.54) is 19.3 Å². The molecule has 4 aliphatic rings. The van der Waals surface area contributed by atoms with Crippen LogP contribution in [0.1, 0.15) is 48.9 Å². The summed E-state index contributed by atoms with van der Waals surface area (Å²) in [6.45, 7) is 0.585. The maximum atomic E-state index is 12.8. The summed E-state index contributed by atoms with van der Waals surface area (Å²) in [4.78, 5) is 24.9. The first-order chi connectivity index (χ1) is 12.9. The molecule has 0 unspecified atom stereocenters. The van der Waals surface area contributed by atoms with Crippen LogP contribution in [0.2, 0.25) is 0 Å². The first-order valence-corrected chi connectivity index (χ1v) is 9.68. The van der Waals surface area contributed by atoms with Crippen molar-refractivity contribution in [3.05, 3.63) is 17.7 Å². The Balaban J connectivity index is 1.28. The van der Waals surface area contributed by atoms with Crippen LogP contribution in [0.15, 0.2) is 12.1 Å². The SMILES string of the molecule is O=C(NCCNC(=O)C12CC3CC(CC(C3)C1)C2)c1cc(O)c(O)c(O)c1. The van der Waals surface area contributed by atoms with Crippen molar-refractivity contribution >= 4 is 11.8 Å². The average Bonchev–Trinajstić information content (AvgIpc) is 2.61. The zero-order valence-electron chi connectivity index (χ0n) is 15.2. The predicted molar refractivity (Wildman–Crippen MR) is 97.4 cm³/mol. The molecule has 0 aliphatic heterocycles. The molecule has 0 aromatic heterocycles. The van der Waals surface area contributed by atoms with Crippen LogP contribution in [0.3, 0.4) is 0 Å². The van der Waals surface area contributed by atoms with E-state index in [4.69, 9.17) is 0 Å². The number of phenolic OH excluding ortho intramolecular Hbond substituents is 3. The van der Waals surface area contributed by atoms with Crippen molar-refractivity contribution in [3.8, 4) is 17.2 Å². The maximum absolute atomic E-state index is 12.8. The molecule has 4 fully saturated rings. The molecule has 4 aliphatic carbocycles. The Hall–Kier alpha value is -2.44. The molecule has 0 radical (unpaired) electrons. The van der Waals surface area contributed by atoms with Gasteiger partial charge in [-0.3, -0.25) is 9.59 Å². The van der Waals surface area contributed by atoms with Crippen LogP contribution in [-0.2, 0) is 4.79 Å². The van der Waals surface area contributed by atoms with E-state index < -0.39 is 23.2 Å². The van der Waals surface area contributed by atoms with Crippen molar-refractivity contribution in [2.24, 2.45) is 23.2 Å². The van der Waals surface area contributed by atoms with E-state index in [-0.39, 0.29) is 23.4 Å². The van der Waals surface area contributed by atoms with Gasteiger partial charge in [0.05, 0.1) is 0 Å². The minimum Gasteiger partial charge on any atom is -0.504 e. The zero-order valence-corrected chi connectivity index (χ0v) is 15.2. The monoisotopic (exact) mass is 374 g/mol. The quantitative estimate of drug-likeness (QED) is 0.398. The highest BCUT2D eigenvalue weighted by Gasteiger charge is 2.54. The van der Waals surface area contributed by atoms with E-state index in [0.717, 1.165) is 31.4 Å². The van der Waals surface area contributed by atoms with Crippen LogP contribution in [-0.4, -0.2) is 40.2 Å². The van der Waals surface area contributed by atoms with Crippen molar-refractivity contribution in [2.45, 2.75) is 38.5 Å². The van der Waals surface area contributed by atoms with Gasteiger partial charge in [0.25, 0.3) is 5.91 Å². The molecular weight excluding hydrogens is 348 g/mol. The summed E-state index contributed by atoms with van der Waals surface area (Å²) in [6, 6.07) is 2.16. The number of amides is 2. The minimum atomic E-state index is -0.658. The molecule has 146 valence electrons. The topological polar surface area (TPSA) is 119 Å². The number of carbonyl (C=O) groups excluding carboxylic acids is 2. The molecule has 1 aromatic rings. The second-order valence-corrected chi connectivity index (χ2v) is 8.57. The summed E-state index contributed by atoms with van der Waals surface area (Å²) in [6.07, 6.45) is 6.87. The predicted octanol–water partition coefficient (Wildman–Crippen LogP) is 1.87. The molecule has 0 saturated heterocycles. The van der Waals surface area contributed by atoms with Crippen molar-refractivity contribution in [3.63, 3.8) is 0 Å². The summed E-state index contributed by atoms with van der Waals surface area (Å²) in [7, 11) is 0. The molecule has 0 atom stereocenters. The molecule has 7 nitrogen and oxygen atoms in total. The third kappa shape index (κ3) is 3.31. The first-order valence-electron chi connectivity index (χ1n) is 9.68. The van der Waals surface area contributed by atoms with E-state index in [0.29, 0.717) is 24.3 Å². The maximum Gasteiger partial charge on any atom is 0.251 e. The summed E-state index contributed by atoms with van der Waals surface area (Å²) >= 11 is 0. The van der Waals surface area contributed by atoms with Crippen LogP contribution < -0.4 is 10.6 Å². The van der Waals surface area contributed by atoms with E-state index in [2.05, 4.69) is 10.6 Å². The molecule has 5 N–H and O–H groups in total. The number of aromatic hydroxyl groups is 3. The summed E-state index contributed by atoms with van der Waals surface area (Å²) in [5.41, 5.74) is -0.164. The fourth-order valence-electron chi connectivity index (χ4n) is 5.77. The summed E-state index contributed by atoms with van der Waals surface area (Å²) in [5, 5.41) is 33.9. The van der Waals surface area contributed by atoms with Gasteiger partial charge in [0.1, 0.15) is 0 Å². The zero-order chi connectivity index (χ0) is 19.2. The molecule has 0 spiro atoms. The molecule has 0 heterocycles. The van der Waals surface area contributed by atoms with Gasteiger partial charge in [-0.25, -0.2) is 0 Å². The largest absolute Gasteiger partial charge is 0.504 e. The lowest BCUT2D eigenvalue weighted by atomic mass is 9.49. The van der Waals surface area contributed by atoms with E-state index in [1.54, 1.807) is 0 Å². The van der Waals surface area contributed by atoms with Crippen LogP contribution in [0.4, 0.5) is 0 Å². The van der Waals surface area contributed by atoms with Crippen molar-refractivity contribution in [1.82, 2.24) is 10.6 Å². The van der Waals surface area contributed by atoms with Crippen LogP contribution >= 0.6 is 0 Å². The number of benzene rings is 1. The van der Waals surface area contributed by atoms with Crippen LogP contribution in [0.5, 0.6) is 17.2 Å². The number of carbonyl (C=O) groups is 2. The summed E-state index contributed by atoms with van der Waals surface area (Å²) < 4.78 is 0. The Kier molecular flexibility index (Phi) is 4.40. The van der Waals surface area contributed by atoms with Crippen molar-refractivity contribution < 1.29 is 24.9 Å². The first kappa shape index (κ1) is 17.9. The Morgan fingerprint density at radius 3 is 1.89 bits per heavy atom. The molecule has 5 rings (SSSR count). The lowest BCUT2D eigenvalue weighted by Gasteiger charge is -2.55. The molecule has 4 saturated carbocycles. The highest BCUT2D eigenvalue weighted by molar-refractivity contribution is 5.95. The van der Waals surface area contributed by atoms with Gasteiger partial charge in [0, 0.05) is 24.1 Å². The Bertz CT molecular complexity index is 717. The average molecular weight is 374 g/mol. The van der Waals surface area contributed by atoms with Gasteiger partial charge in [-0.15, -0.1) is 0 Å². The lowest BCUT2D eigenvalue weighted by molar-refractivity contribution is -0.146. The molecule has 1 aromatic carbocycles. The van der Waals surface area contributed by atoms with E-state index in [9.17, 15) is 24.9 Å². The molecule has 27 heavy (non-hydrogen) atoms. The second-order valence-electron chi connectivity index (χ2n) is 8.57. The van der Waals surface area contributed by atoms with Gasteiger partial charge in [0.15, 0.2) is 17.2 Å². The van der Waals surface area contributed by atoms with Gasteiger partial charge in [0.2, 0.25) is 5.91 Å². The Morgan fingerprint density at radius 1 is 0.889 bits per heavy atom. The molecule has 2 amide bonds. The Labute approximate surface area is 157 Å². The van der Waals surface area contributed by atoms with Gasteiger partial charge < -0.3 is 26.0 Å². The summed E-state index contributed by atoms with van der Waals surface area (Å²) in [5.74, 6) is -0.0370. The van der Waals surface area contributed by atoms with Crippen LogP contribution in [0, 0.1) is 23.2 Å². The van der Waals surface area contributed by atoms with Gasteiger partial charge in [-0.05, 0) is 68.4 Å². The number of nitrogens with one attached hydrogen (secondary N) is 2. The number of rotatable bonds is 5. The highest BCUT2D eigenvalue weighted by atomic mass is 16.3. The van der Waals surface area contributed by atoms with Crippen LogP contribution in [0.25, 0.3) is 0 Å². The van der Waals surface area contributed by atoms with Crippen molar-refractivity contribution in [2.75, 3.05) is 13.1 Å². The normalized spacial score (nSPS) is 30.9. The van der Waals surface area contributed by atoms with E-state index in [1.807, 2.05) is 0 Å². The van der Waals surface area contributed by atoms with Crippen molar-refractivity contribution in [1.29, 1.82) is 0 Å². The Morgan fingerprint density at radius 2 is 1.37 bits per heavy atom. The lowest BCUT2D eigenvalue weighted by Crippen LogP contribution is -2.54. The fraction of sp³-hybridized carbons (Fsp3) is 0.600. The molecular formula is C20H26N2O5. The minimum absolute atomic E-state index is 0.0372. The van der Waals surface area contributed by atoms with Gasteiger partial charge in [-0.1, -0.05) is 0 Å². The number of phenols is 3. The fourth-order valence-corrected chi connectivity index (χ4v) is 5.77. The second kappa shape index (κ2) is 6.62. The number of hydrogen-bond acceptors (Lipinski definition) is 5. The third-order valence-corrected chi connectivity index (χ3v) is 6.55. The third-order valence-electron chi connectivity index (χ3n) is 6.55. The smallest absolute Gasteiger partial charge is 0.251 e. The molecule has 7 heteroatoms. The highest BCUT2D eigenvalue weighted by Crippen LogP contribution is 2.60. The molecule has 4 bridgehead atoms. The van der Waals surface area contributed by atoms with Gasteiger partial charge >= 0.3 is 0 Å². The van der Waals surface area contributed by atoms with Gasteiger partial charge in [-0.2, -0.15) is 0 Å².